The van der Waals surface area contributed by atoms with Crippen molar-refractivity contribution in [2.75, 3.05) is 19.0 Å². The van der Waals surface area contributed by atoms with E-state index >= 15 is 0 Å². The number of hydrogen-bond donors (Lipinski definition) is 1. The highest BCUT2D eigenvalue weighted by molar-refractivity contribution is 6.00. The summed E-state index contributed by atoms with van der Waals surface area (Å²) in [6.07, 6.45) is 5.53. The number of pyridine rings is 1. The van der Waals surface area contributed by atoms with Crippen LogP contribution in [0, 0.1) is 5.92 Å². The second kappa shape index (κ2) is 7.10. The normalized spacial score (nSPS) is 19.7. The SMILES string of the molecule is COC(=O)c1c(C2CCCC2)nc2c(c1-c1ccccc1)CC(C)CN2. The Kier molecular flexibility index (Phi) is 4.66. The molecule has 4 nitrogen and oxygen atoms in total. The minimum atomic E-state index is -0.265. The number of hydrogen-bond acceptors (Lipinski definition) is 4. The first-order valence-corrected chi connectivity index (χ1v) is 9.63. The standard InChI is InChI=1S/C22H26N2O2/c1-14-12-17-18(15-8-4-3-5-9-15)19(22(25)26-2)20(16-10-6-7-11-16)24-21(17)23-13-14/h3-5,8-9,14,16H,6-7,10-13H2,1-2H3,(H,23,24). The third-order valence-corrected chi connectivity index (χ3v) is 5.69. The third-order valence-electron chi connectivity index (χ3n) is 5.69. The van der Waals surface area contributed by atoms with Gasteiger partial charge in [-0.2, -0.15) is 0 Å². The van der Waals surface area contributed by atoms with Crippen LogP contribution in [-0.4, -0.2) is 24.6 Å². The molecule has 1 aromatic carbocycles. The van der Waals surface area contributed by atoms with Crippen LogP contribution in [0.25, 0.3) is 11.1 Å². The van der Waals surface area contributed by atoms with Gasteiger partial charge < -0.3 is 10.1 Å². The van der Waals surface area contributed by atoms with E-state index in [9.17, 15) is 4.79 Å². The number of anilines is 1. The molecule has 0 radical (unpaired) electrons. The van der Waals surface area contributed by atoms with Gasteiger partial charge in [0, 0.05) is 23.6 Å². The van der Waals surface area contributed by atoms with E-state index in [1.165, 1.54) is 20.0 Å². The van der Waals surface area contributed by atoms with Crippen LogP contribution >= 0.6 is 0 Å². The molecule has 1 aliphatic carbocycles. The molecule has 0 amide bonds. The van der Waals surface area contributed by atoms with Gasteiger partial charge in [0.15, 0.2) is 0 Å². The minimum absolute atomic E-state index is 0.265. The fourth-order valence-corrected chi connectivity index (χ4v) is 4.40. The van der Waals surface area contributed by atoms with Gasteiger partial charge in [0.05, 0.1) is 18.4 Å². The van der Waals surface area contributed by atoms with Crippen LogP contribution in [0.3, 0.4) is 0 Å². The van der Waals surface area contributed by atoms with Crippen molar-refractivity contribution in [1.82, 2.24) is 4.98 Å². The number of carbonyl (C=O) groups excluding carboxylic acids is 1. The summed E-state index contributed by atoms with van der Waals surface area (Å²) >= 11 is 0. The fourth-order valence-electron chi connectivity index (χ4n) is 4.40. The first kappa shape index (κ1) is 17.1. The van der Waals surface area contributed by atoms with Crippen molar-refractivity contribution in [2.24, 2.45) is 5.92 Å². The lowest BCUT2D eigenvalue weighted by Crippen LogP contribution is -2.25. The molecule has 1 fully saturated rings. The number of nitrogens with zero attached hydrogens (tertiary/aromatic N) is 1. The lowest BCUT2D eigenvalue weighted by atomic mass is 9.84. The second-order valence-corrected chi connectivity index (χ2v) is 7.60. The van der Waals surface area contributed by atoms with Crippen molar-refractivity contribution in [1.29, 1.82) is 0 Å². The smallest absolute Gasteiger partial charge is 0.340 e. The summed E-state index contributed by atoms with van der Waals surface area (Å²) in [5.41, 5.74) is 4.84. The molecule has 1 aromatic heterocycles. The van der Waals surface area contributed by atoms with Crippen LogP contribution in [0.2, 0.25) is 0 Å². The zero-order valence-corrected chi connectivity index (χ0v) is 15.5. The largest absolute Gasteiger partial charge is 0.465 e. The molecule has 26 heavy (non-hydrogen) atoms. The van der Waals surface area contributed by atoms with Gasteiger partial charge in [-0.3, -0.25) is 0 Å². The molecule has 0 bridgehead atoms. The Morgan fingerprint density at radius 1 is 1.19 bits per heavy atom. The summed E-state index contributed by atoms with van der Waals surface area (Å²) in [4.78, 5) is 17.8. The molecule has 1 saturated carbocycles. The molecule has 2 heterocycles. The zero-order valence-electron chi connectivity index (χ0n) is 15.5. The van der Waals surface area contributed by atoms with E-state index < -0.39 is 0 Å². The number of aromatic nitrogens is 1. The molecule has 136 valence electrons. The monoisotopic (exact) mass is 350 g/mol. The van der Waals surface area contributed by atoms with Gasteiger partial charge in [-0.15, -0.1) is 0 Å². The Hall–Kier alpha value is -2.36. The van der Waals surface area contributed by atoms with Crippen molar-refractivity contribution in [3.05, 3.63) is 47.2 Å². The van der Waals surface area contributed by atoms with Crippen molar-refractivity contribution in [3.8, 4) is 11.1 Å². The first-order valence-electron chi connectivity index (χ1n) is 9.63. The summed E-state index contributed by atoms with van der Waals surface area (Å²) < 4.78 is 5.22. The number of rotatable bonds is 3. The van der Waals surface area contributed by atoms with Gasteiger partial charge >= 0.3 is 5.97 Å². The Morgan fingerprint density at radius 2 is 1.92 bits per heavy atom. The van der Waals surface area contributed by atoms with Crippen molar-refractivity contribution >= 4 is 11.8 Å². The number of fused-ring (bicyclic) bond motifs is 1. The molecule has 1 N–H and O–H groups in total. The summed E-state index contributed by atoms with van der Waals surface area (Å²) in [7, 11) is 1.47. The van der Waals surface area contributed by atoms with E-state index in [0.29, 0.717) is 17.4 Å². The van der Waals surface area contributed by atoms with E-state index in [1.54, 1.807) is 0 Å². The number of methoxy groups -OCH3 is 1. The lowest BCUT2D eigenvalue weighted by molar-refractivity contribution is 0.0599. The number of nitrogens with one attached hydrogen (secondary N) is 1. The van der Waals surface area contributed by atoms with E-state index in [-0.39, 0.29) is 5.97 Å². The summed E-state index contributed by atoms with van der Waals surface area (Å²) in [6, 6.07) is 10.2. The van der Waals surface area contributed by atoms with Gasteiger partial charge in [-0.05, 0) is 30.7 Å². The van der Waals surface area contributed by atoms with Crippen LogP contribution in [0.15, 0.2) is 30.3 Å². The zero-order chi connectivity index (χ0) is 18.1. The van der Waals surface area contributed by atoms with E-state index in [4.69, 9.17) is 9.72 Å². The molecule has 2 aliphatic rings. The average molecular weight is 350 g/mol. The number of ether oxygens (including phenoxy) is 1. The third kappa shape index (κ3) is 2.98. The fraction of sp³-hybridized carbons (Fsp3) is 0.455. The van der Waals surface area contributed by atoms with Crippen LogP contribution < -0.4 is 5.32 Å². The van der Waals surface area contributed by atoms with E-state index in [0.717, 1.165) is 54.0 Å². The summed E-state index contributed by atoms with van der Waals surface area (Å²) in [6.45, 7) is 3.16. The van der Waals surface area contributed by atoms with Crippen molar-refractivity contribution in [2.45, 2.75) is 44.9 Å². The highest BCUT2D eigenvalue weighted by Crippen LogP contribution is 2.43. The van der Waals surface area contributed by atoms with Crippen LogP contribution in [-0.2, 0) is 11.2 Å². The van der Waals surface area contributed by atoms with E-state index in [1.807, 2.05) is 18.2 Å². The molecule has 4 heteroatoms. The maximum Gasteiger partial charge on any atom is 0.340 e. The van der Waals surface area contributed by atoms with Crippen LogP contribution in [0.4, 0.5) is 5.82 Å². The average Bonchev–Trinajstić information content (AvgIpc) is 3.21. The Bertz CT molecular complexity index is 811. The second-order valence-electron chi connectivity index (χ2n) is 7.60. The maximum atomic E-state index is 12.9. The quantitative estimate of drug-likeness (QED) is 0.808. The highest BCUT2D eigenvalue weighted by Gasteiger charge is 2.32. The molecule has 1 atom stereocenters. The van der Waals surface area contributed by atoms with E-state index in [2.05, 4.69) is 24.4 Å². The van der Waals surface area contributed by atoms with Gasteiger partial charge in [0.1, 0.15) is 5.82 Å². The van der Waals surface area contributed by atoms with Crippen molar-refractivity contribution in [3.63, 3.8) is 0 Å². The Morgan fingerprint density at radius 3 is 2.62 bits per heavy atom. The van der Waals surface area contributed by atoms with Crippen molar-refractivity contribution < 1.29 is 9.53 Å². The summed E-state index contributed by atoms with van der Waals surface area (Å²) in [5.74, 6) is 1.54. The molecule has 1 aliphatic heterocycles. The molecule has 4 rings (SSSR count). The highest BCUT2D eigenvalue weighted by atomic mass is 16.5. The predicted octanol–water partition coefficient (Wildman–Crippen LogP) is 4.80. The molecule has 1 unspecified atom stereocenters. The van der Waals surface area contributed by atoms with Gasteiger partial charge in [0.25, 0.3) is 0 Å². The summed E-state index contributed by atoms with van der Waals surface area (Å²) in [5, 5.41) is 3.51. The van der Waals surface area contributed by atoms with Gasteiger partial charge in [-0.1, -0.05) is 50.1 Å². The molecule has 0 spiro atoms. The van der Waals surface area contributed by atoms with Gasteiger partial charge in [-0.25, -0.2) is 9.78 Å². The molecule has 2 aromatic rings. The van der Waals surface area contributed by atoms with Crippen LogP contribution in [0.1, 0.15) is 60.1 Å². The lowest BCUT2D eigenvalue weighted by Gasteiger charge is -2.28. The number of benzene rings is 1. The van der Waals surface area contributed by atoms with Crippen LogP contribution in [0.5, 0.6) is 0 Å². The maximum absolute atomic E-state index is 12.9. The molecule has 0 saturated heterocycles. The molecular weight excluding hydrogens is 324 g/mol. The molecular formula is C22H26N2O2. The number of carbonyl (C=O) groups is 1. The number of esters is 1. The Labute approximate surface area is 155 Å². The first-order chi connectivity index (χ1) is 12.7. The predicted molar refractivity (Wildman–Crippen MR) is 104 cm³/mol. The Balaban J connectivity index is 2.01. The van der Waals surface area contributed by atoms with Gasteiger partial charge in [0.2, 0.25) is 0 Å². The minimum Gasteiger partial charge on any atom is -0.465 e. The topological polar surface area (TPSA) is 51.2 Å².